The Balaban J connectivity index is 1.45. The highest BCUT2D eigenvalue weighted by atomic mass is 16.4. The van der Waals surface area contributed by atoms with Crippen molar-refractivity contribution < 1.29 is 19.8 Å². The zero-order chi connectivity index (χ0) is 25.9. The lowest BCUT2D eigenvalue weighted by molar-refractivity contribution is 0.0780. The third kappa shape index (κ3) is 5.00. The highest BCUT2D eigenvalue weighted by Crippen LogP contribution is 2.36. The number of carboxylic acid groups (broad SMARTS) is 1. The highest BCUT2D eigenvalue weighted by Gasteiger charge is 2.39. The molecule has 3 atom stereocenters. The molecule has 0 aromatic heterocycles. The van der Waals surface area contributed by atoms with Crippen LogP contribution in [0.4, 0.5) is 4.79 Å². The molecule has 1 fully saturated rings. The number of fused-ring (bicyclic) bond motifs is 1. The van der Waals surface area contributed by atoms with E-state index >= 15 is 0 Å². The lowest BCUT2D eigenvalue weighted by Crippen LogP contribution is -2.38. The smallest absolute Gasteiger partial charge is 0.407 e. The standard InChI is InChI=1S/C31H30N2O4/c1-21(27-13-7-11-22-10-5-6-12-28(22)27)33(31(36)37)19-25-18-32(20-29(25)23-8-3-2-4-9-23)30(35)24-14-16-26(34)17-15-24/h2-17,21,25,29,34H,18-20H2,1H3,(H,36,37)/t21-,25-,29-/m1/s1. The van der Waals surface area contributed by atoms with Crippen molar-refractivity contribution in [3.63, 3.8) is 0 Å². The fourth-order valence-corrected chi connectivity index (χ4v) is 5.52. The van der Waals surface area contributed by atoms with Gasteiger partial charge < -0.3 is 20.0 Å². The molecule has 37 heavy (non-hydrogen) atoms. The van der Waals surface area contributed by atoms with Gasteiger partial charge in [0.2, 0.25) is 0 Å². The van der Waals surface area contributed by atoms with Crippen molar-refractivity contribution >= 4 is 22.8 Å². The highest BCUT2D eigenvalue weighted by molar-refractivity contribution is 5.94. The first-order valence-electron chi connectivity index (χ1n) is 12.5. The van der Waals surface area contributed by atoms with E-state index in [-0.39, 0.29) is 29.5 Å². The van der Waals surface area contributed by atoms with Gasteiger partial charge in [0.15, 0.2) is 0 Å². The number of carbonyl (C=O) groups is 2. The molecule has 1 saturated heterocycles. The molecule has 0 saturated carbocycles. The number of amides is 2. The summed E-state index contributed by atoms with van der Waals surface area (Å²) < 4.78 is 0. The number of rotatable bonds is 6. The largest absolute Gasteiger partial charge is 0.508 e. The number of aromatic hydroxyl groups is 1. The molecule has 0 unspecified atom stereocenters. The van der Waals surface area contributed by atoms with E-state index in [4.69, 9.17) is 0 Å². The molecule has 6 nitrogen and oxygen atoms in total. The molecular weight excluding hydrogens is 464 g/mol. The molecule has 1 aliphatic heterocycles. The van der Waals surface area contributed by atoms with Crippen LogP contribution in [-0.4, -0.2) is 51.6 Å². The minimum absolute atomic E-state index is 0.00355. The second-order valence-corrected chi connectivity index (χ2v) is 9.71. The van der Waals surface area contributed by atoms with Gasteiger partial charge in [0.05, 0.1) is 6.04 Å². The molecule has 5 rings (SSSR count). The molecule has 2 amide bonds. The fraction of sp³-hybridized carbons (Fsp3) is 0.226. The Morgan fingerprint density at radius 2 is 1.57 bits per heavy atom. The molecule has 1 heterocycles. The fourth-order valence-electron chi connectivity index (χ4n) is 5.52. The molecule has 0 radical (unpaired) electrons. The van der Waals surface area contributed by atoms with Crippen LogP contribution in [0.3, 0.4) is 0 Å². The first kappa shape index (κ1) is 24.4. The van der Waals surface area contributed by atoms with Gasteiger partial charge in [0.25, 0.3) is 5.91 Å². The molecular formula is C31H30N2O4. The summed E-state index contributed by atoms with van der Waals surface area (Å²) in [7, 11) is 0. The van der Waals surface area contributed by atoms with Crippen molar-refractivity contribution in [1.82, 2.24) is 9.80 Å². The van der Waals surface area contributed by atoms with E-state index in [0.29, 0.717) is 25.2 Å². The van der Waals surface area contributed by atoms with Gasteiger partial charge in [-0.2, -0.15) is 0 Å². The molecule has 0 bridgehead atoms. The van der Waals surface area contributed by atoms with Crippen LogP contribution in [0.15, 0.2) is 97.1 Å². The summed E-state index contributed by atoms with van der Waals surface area (Å²) in [5.74, 6) is -0.0780. The third-order valence-corrected chi connectivity index (χ3v) is 7.49. The minimum atomic E-state index is -0.976. The molecule has 2 N–H and O–H groups in total. The number of hydrogen-bond donors (Lipinski definition) is 2. The maximum Gasteiger partial charge on any atom is 0.407 e. The summed E-state index contributed by atoms with van der Waals surface area (Å²) in [5.41, 5.74) is 2.56. The minimum Gasteiger partial charge on any atom is -0.508 e. The Kier molecular flexibility index (Phi) is 6.82. The Hall–Kier alpha value is -4.32. The molecule has 188 valence electrons. The second-order valence-electron chi connectivity index (χ2n) is 9.71. The Bertz CT molecular complexity index is 1400. The van der Waals surface area contributed by atoms with Crippen LogP contribution in [0.5, 0.6) is 5.75 Å². The van der Waals surface area contributed by atoms with E-state index in [1.54, 1.807) is 17.0 Å². The van der Waals surface area contributed by atoms with E-state index in [1.807, 2.05) is 79.7 Å². The van der Waals surface area contributed by atoms with Crippen molar-refractivity contribution in [2.75, 3.05) is 19.6 Å². The number of carbonyl (C=O) groups excluding carboxylic acids is 1. The van der Waals surface area contributed by atoms with Crippen LogP contribution >= 0.6 is 0 Å². The normalized spacial score (nSPS) is 18.0. The Morgan fingerprint density at radius 1 is 0.892 bits per heavy atom. The van der Waals surface area contributed by atoms with Crippen molar-refractivity contribution in [2.45, 2.75) is 18.9 Å². The van der Waals surface area contributed by atoms with Crippen LogP contribution in [0.25, 0.3) is 10.8 Å². The maximum atomic E-state index is 13.3. The first-order valence-corrected chi connectivity index (χ1v) is 12.5. The van der Waals surface area contributed by atoms with Crippen molar-refractivity contribution in [3.05, 3.63) is 114 Å². The Morgan fingerprint density at radius 3 is 2.30 bits per heavy atom. The number of phenols is 1. The molecule has 1 aliphatic rings. The topological polar surface area (TPSA) is 81.1 Å². The molecule has 4 aromatic carbocycles. The zero-order valence-electron chi connectivity index (χ0n) is 20.7. The summed E-state index contributed by atoms with van der Waals surface area (Å²) in [6, 6.07) is 29.9. The van der Waals surface area contributed by atoms with Gasteiger partial charge in [0.1, 0.15) is 5.75 Å². The van der Waals surface area contributed by atoms with E-state index in [2.05, 4.69) is 0 Å². The third-order valence-electron chi connectivity index (χ3n) is 7.49. The average molecular weight is 495 g/mol. The number of likely N-dealkylation sites (tertiary alicyclic amines) is 1. The van der Waals surface area contributed by atoms with Gasteiger partial charge in [-0.15, -0.1) is 0 Å². The monoisotopic (exact) mass is 494 g/mol. The Labute approximate surface area is 216 Å². The summed E-state index contributed by atoms with van der Waals surface area (Å²) in [5, 5.41) is 22.0. The first-order chi connectivity index (χ1) is 17.9. The van der Waals surface area contributed by atoms with Crippen LogP contribution in [0, 0.1) is 5.92 Å². The van der Waals surface area contributed by atoms with Gasteiger partial charge in [-0.3, -0.25) is 4.79 Å². The van der Waals surface area contributed by atoms with Crippen LogP contribution in [0.1, 0.15) is 40.4 Å². The van der Waals surface area contributed by atoms with Crippen LogP contribution in [0.2, 0.25) is 0 Å². The number of benzene rings is 4. The average Bonchev–Trinajstić information content (AvgIpc) is 3.35. The molecule has 6 heteroatoms. The van der Waals surface area contributed by atoms with Crippen molar-refractivity contribution in [1.29, 1.82) is 0 Å². The predicted molar refractivity (Wildman–Crippen MR) is 144 cm³/mol. The summed E-state index contributed by atoms with van der Waals surface area (Å²) in [4.78, 5) is 29.2. The van der Waals surface area contributed by atoms with Crippen molar-refractivity contribution in [3.8, 4) is 5.75 Å². The van der Waals surface area contributed by atoms with Crippen molar-refractivity contribution in [2.24, 2.45) is 5.92 Å². The van der Waals surface area contributed by atoms with Crippen LogP contribution in [-0.2, 0) is 0 Å². The van der Waals surface area contributed by atoms with Gasteiger partial charge in [0, 0.05) is 37.0 Å². The van der Waals surface area contributed by atoms with Gasteiger partial charge in [-0.25, -0.2) is 4.79 Å². The van der Waals surface area contributed by atoms with E-state index < -0.39 is 6.09 Å². The lowest BCUT2D eigenvalue weighted by atomic mass is 9.88. The number of nitrogens with zero attached hydrogens (tertiary/aromatic N) is 2. The lowest BCUT2D eigenvalue weighted by Gasteiger charge is -2.31. The quantitative estimate of drug-likeness (QED) is 0.337. The molecule has 0 aliphatic carbocycles. The van der Waals surface area contributed by atoms with Gasteiger partial charge in [-0.05, 0) is 53.1 Å². The molecule has 4 aromatic rings. The summed E-state index contributed by atoms with van der Waals surface area (Å²) in [6.45, 7) is 3.19. The van der Waals surface area contributed by atoms with Gasteiger partial charge >= 0.3 is 6.09 Å². The SMILES string of the molecule is C[C@H](c1cccc2ccccc12)N(C[C@H]1CN(C(=O)c2ccc(O)cc2)C[C@@H]1c1ccccc1)C(=O)O. The number of phenolic OH excluding ortho intramolecular Hbond substituents is 1. The van der Waals surface area contributed by atoms with Crippen LogP contribution < -0.4 is 0 Å². The van der Waals surface area contributed by atoms with E-state index in [1.165, 1.54) is 17.0 Å². The maximum absolute atomic E-state index is 13.3. The second kappa shape index (κ2) is 10.3. The summed E-state index contributed by atoms with van der Waals surface area (Å²) >= 11 is 0. The number of hydrogen-bond acceptors (Lipinski definition) is 3. The predicted octanol–water partition coefficient (Wildman–Crippen LogP) is 6.14. The van der Waals surface area contributed by atoms with E-state index in [0.717, 1.165) is 21.9 Å². The zero-order valence-corrected chi connectivity index (χ0v) is 20.7. The molecule has 0 spiro atoms. The van der Waals surface area contributed by atoms with E-state index in [9.17, 15) is 19.8 Å². The van der Waals surface area contributed by atoms with Gasteiger partial charge in [-0.1, -0.05) is 72.8 Å². The summed E-state index contributed by atoms with van der Waals surface area (Å²) in [6.07, 6.45) is -0.976.